The number of urea groups is 1. The first-order chi connectivity index (χ1) is 16.4. The number of rotatable bonds is 8. The number of benzene rings is 2. The minimum absolute atomic E-state index is 0.282. The van der Waals surface area contributed by atoms with E-state index in [1.165, 1.54) is 23.1 Å². The van der Waals surface area contributed by atoms with E-state index in [2.05, 4.69) is 26.9 Å². The van der Waals surface area contributed by atoms with Gasteiger partial charge in [0.25, 0.3) is 5.91 Å². The maximum Gasteiger partial charge on any atom is 0.325 e. The molecule has 9 nitrogen and oxygen atoms in total. The quantitative estimate of drug-likeness (QED) is 0.280. The molecular formula is C23H20N6O3S2. The van der Waals surface area contributed by atoms with Crippen molar-refractivity contribution in [3.8, 4) is 6.07 Å². The van der Waals surface area contributed by atoms with Crippen molar-refractivity contribution in [2.24, 2.45) is 0 Å². The molecule has 3 aromatic rings. The molecule has 2 aromatic carbocycles. The summed E-state index contributed by atoms with van der Waals surface area (Å²) in [6.07, 6.45) is 0.357. The van der Waals surface area contributed by atoms with Crippen LogP contribution >= 0.6 is 23.1 Å². The molecule has 1 saturated heterocycles. The van der Waals surface area contributed by atoms with Crippen LogP contribution in [0.3, 0.4) is 0 Å². The summed E-state index contributed by atoms with van der Waals surface area (Å²) in [6.45, 7) is 1.39. The first kappa shape index (κ1) is 23.4. The molecule has 1 aromatic heterocycles. The Kier molecular flexibility index (Phi) is 6.90. The van der Waals surface area contributed by atoms with Gasteiger partial charge in [0.1, 0.15) is 12.1 Å². The second kappa shape index (κ2) is 10.0. The molecule has 172 valence electrons. The fourth-order valence-electron chi connectivity index (χ4n) is 3.57. The lowest BCUT2D eigenvalue weighted by molar-refractivity contribution is -0.134. The highest BCUT2D eigenvalue weighted by Gasteiger charge is 2.51. The zero-order chi connectivity index (χ0) is 24.1. The van der Waals surface area contributed by atoms with Gasteiger partial charge in [-0.05, 0) is 29.7 Å². The first-order valence-electron chi connectivity index (χ1n) is 10.4. The third kappa shape index (κ3) is 4.78. The highest BCUT2D eigenvalue weighted by Crippen LogP contribution is 2.32. The molecule has 0 bridgehead atoms. The summed E-state index contributed by atoms with van der Waals surface area (Å²) in [5.41, 5.74) is 1.11. The summed E-state index contributed by atoms with van der Waals surface area (Å²) in [5.74, 6) is -0.365. The number of anilines is 1. The van der Waals surface area contributed by atoms with Crippen molar-refractivity contribution in [1.82, 2.24) is 20.4 Å². The number of carbonyl (C=O) groups excluding carboxylic acids is 3. The Morgan fingerprint density at radius 1 is 1.18 bits per heavy atom. The van der Waals surface area contributed by atoms with E-state index in [0.717, 1.165) is 10.5 Å². The van der Waals surface area contributed by atoms with Crippen LogP contribution in [0.1, 0.15) is 30.0 Å². The molecular weight excluding hydrogens is 472 g/mol. The van der Waals surface area contributed by atoms with Crippen LogP contribution in [0, 0.1) is 11.3 Å². The summed E-state index contributed by atoms with van der Waals surface area (Å²) in [7, 11) is 0. The van der Waals surface area contributed by atoms with E-state index < -0.39 is 29.9 Å². The van der Waals surface area contributed by atoms with Gasteiger partial charge < -0.3 is 5.32 Å². The predicted octanol–water partition coefficient (Wildman–Crippen LogP) is 3.50. The lowest BCUT2D eigenvalue weighted by Crippen LogP contribution is -2.44. The Morgan fingerprint density at radius 2 is 1.91 bits per heavy atom. The van der Waals surface area contributed by atoms with Gasteiger partial charge in [0.15, 0.2) is 4.34 Å². The maximum atomic E-state index is 13.1. The van der Waals surface area contributed by atoms with Gasteiger partial charge in [-0.15, -0.1) is 10.2 Å². The number of aromatic nitrogens is 2. The SMILES string of the molecule is CC[C@]1(c2ccccc2)NC(=O)N(CC(=O)Nc2nnc(SCc3ccc(C#N)cc3)s2)C1=O. The van der Waals surface area contributed by atoms with Crippen LogP contribution in [0.2, 0.25) is 0 Å². The largest absolute Gasteiger partial charge is 0.325 e. The Labute approximate surface area is 204 Å². The Morgan fingerprint density at radius 3 is 2.59 bits per heavy atom. The summed E-state index contributed by atoms with van der Waals surface area (Å²) in [6, 6.07) is 17.7. The second-order valence-corrected chi connectivity index (χ2v) is 9.67. The third-order valence-corrected chi connectivity index (χ3v) is 7.42. The van der Waals surface area contributed by atoms with Gasteiger partial charge in [-0.25, -0.2) is 4.79 Å². The fourth-order valence-corrected chi connectivity index (χ4v) is 5.30. The molecule has 0 aliphatic carbocycles. The molecule has 0 radical (unpaired) electrons. The lowest BCUT2D eigenvalue weighted by atomic mass is 9.87. The van der Waals surface area contributed by atoms with Crippen molar-refractivity contribution in [2.45, 2.75) is 29.0 Å². The summed E-state index contributed by atoms with van der Waals surface area (Å²) >= 11 is 2.65. The van der Waals surface area contributed by atoms with E-state index in [-0.39, 0.29) is 5.13 Å². The Balaban J connectivity index is 1.35. The number of nitrogens with one attached hydrogen (secondary N) is 2. The molecule has 1 atom stereocenters. The van der Waals surface area contributed by atoms with Crippen LogP contribution < -0.4 is 10.6 Å². The van der Waals surface area contributed by atoms with Crippen LogP contribution in [0.15, 0.2) is 58.9 Å². The average molecular weight is 493 g/mol. The van der Waals surface area contributed by atoms with Crippen LogP contribution in [-0.4, -0.2) is 39.5 Å². The monoisotopic (exact) mass is 492 g/mol. The summed E-state index contributed by atoms with van der Waals surface area (Å²) < 4.78 is 0.656. The smallest absolute Gasteiger partial charge is 0.319 e. The number of carbonyl (C=O) groups is 3. The van der Waals surface area contributed by atoms with Crippen LogP contribution in [0.4, 0.5) is 9.93 Å². The van der Waals surface area contributed by atoms with Gasteiger partial charge in [0.2, 0.25) is 11.0 Å². The number of nitrogens with zero attached hydrogens (tertiary/aromatic N) is 4. The molecule has 2 N–H and O–H groups in total. The molecule has 11 heteroatoms. The molecule has 1 aliphatic heterocycles. The number of hydrogen-bond donors (Lipinski definition) is 2. The third-order valence-electron chi connectivity index (χ3n) is 5.37. The van der Waals surface area contributed by atoms with E-state index in [1.807, 2.05) is 25.1 Å². The molecule has 0 unspecified atom stereocenters. The number of imide groups is 1. The average Bonchev–Trinajstić information content (AvgIpc) is 3.41. The highest BCUT2D eigenvalue weighted by molar-refractivity contribution is 8.00. The number of hydrogen-bond acceptors (Lipinski definition) is 8. The minimum atomic E-state index is -1.18. The zero-order valence-electron chi connectivity index (χ0n) is 18.1. The van der Waals surface area contributed by atoms with Crippen molar-refractivity contribution < 1.29 is 14.4 Å². The van der Waals surface area contributed by atoms with E-state index in [4.69, 9.17) is 5.26 Å². The molecule has 0 spiro atoms. The zero-order valence-corrected chi connectivity index (χ0v) is 19.8. The van der Waals surface area contributed by atoms with Gasteiger partial charge in [0, 0.05) is 5.75 Å². The van der Waals surface area contributed by atoms with E-state index in [0.29, 0.717) is 27.6 Å². The molecule has 34 heavy (non-hydrogen) atoms. The number of thioether (sulfide) groups is 1. The van der Waals surface area contributed by atoms with Crippen molar-refractivity contribution in [2.75, 3.05) is 11.9 Å². The second-order valence-electron chi connectivity index (χ2n) is 7.47. The van der Waals surface area contributed by atoms with E-state index in [9.17, 15) is 14.4 Å². The normalized spacial score (nSPS) is 17.4. The van der Waals surface area contributed by atoms with Crippen LogP contribution in [-0.2, 0) is 20.9 Å². The Hall–Kier alpha value is -3.75. The van der Waals surface area contributed by atoms with Gasteiger partial charge in [-0.2, -0.15) is 5.26 Å². The van der Waals surface area contributed by atoms with E-state index >= 15 is 0 Å². The summed E-state index contributed by atoms with van der Waals surface area (Å²) in [5, 5.41) is 22.6. The topological polar surface area (TPSA) is 128 Å². The highest BCUT2D eigenvalue weighted by atomic mass is 32.2. The molecule has 4 rings (SSSR count). The molecule has 4 amide bonds. The van der Waals surface area contributed by atoms with Gasteiger partial charge in [0.05, 0.1) is 11.6 Å². The fraction of sp³-hybridized carbons (Fsp3) is 0.217. The molecule has 0 saturated carbocycles. The summed E-state index contributed by atoms with van der Waals surface area (Å²) in [4.78, 5) is 39.2. The van der Waals surface area contributed by atoms with Crippen molar-refractivity contribution >= 4 is 46.1 Å². The molecule has 2 heterocycles. The standard InChI is InChI=1S/C23H20N6O3S2/c1-2-23(17-6-4-3-5-7-17)19(31)29(21(32)26-23)13-18(30)25-20-27-28-22(34-20)33-14-16-10-8-15(12-24)9-11-16/h3-11H,2,13-14H2,1H3,(H,26,32)(H,25,27,30)/t23-/m1/s1. The van der Waals surface area contributed by atoms with Crippen molar-refractivity contribution in [1.29, 1.82) is 5.26 Å². The van der Waals surface area contributed by atoms with Gasteiger partial charge in [-0.3, -0.25) is 19.8 Å². The molecule has 1 fully saturated rings. The van der Waals surface area contributed by atoms with Crippen molar-refractivity contribution in [3.05, 3.63) is 71.3 Å². The number of amides is 4. The lowest BCUT2D eigenvalue weighted by Gasteiger charge is -2.25. The predicted molar refractivity (Wildman–Crippen MR) is 128 cm³/mol. The van der Waals surface area contributed by atoms with Gasteiger partial charge >= 0.3 is 6.03 Å². The van der Waals surface area contributed by atoms with Crippen LogP contribution in [0.5, 0.6) is 0 Å². The minimum Gasteiger partial charge on any atom is -0.319 e. The van der Waals surface area contributed by atoms with Crippen LogP contribution in [0.25, 0.3) is 0 Å². The number of nitriles is 1. The maximum absolute atomic E-state index is 13.1. The first-order valence-corrected chi connectivity index (χ1v) is 12.2. The van der Waals surface area contributed by atoms with Crippen molar-refractivity contribution in [3.63, 3.8) is 0 Å². The van der Waals surface area contributed by atoms with E-state index in [1.54, 1.807) is 36.4 Å². The van der Waals surface area contributed by atoms with Gasteiger partial charge in [-0.1, -0.05) is 72.5 Å². The molecule has 1 aliphatic rings. The Bertz CT molecular complexity index is 1260.